The maximum Gasteiger partial charge on any atom is 0.303 e. The lowest BCUT2D eigenvalue weighted by Crippen LogP contribution is -2.10. The van der Waals surface area contributed by atoms with Crippen LogP contribution in [-0.2, 0) is 4.79 Å². The molecule has 0 saturated heterocycles. The molecule has 156 valence electrons. The Morgan fingerprint density at radius 1 is 1.27 bits per heavy atom. The smallest absolute Gasteiger partial charge is 0.303 e. The number of aromatic amines is 2. The van der Waals surface area contributed by atoms with Gasteiger partial charge in [0.15, 0.2) is 16.3 Å². The van der Waals surface area contributed by atoms with Crippen molar-refractivity contribution in [1.82, 2.24) is 14.8 Å². The van der Waals surface area contributed by atoms with Crippen molar-refractivity contribution >= 4 is 42.2 Å². The first-order chi connectivity index (χ1) is 14.4. The van der Waals surface area contributed by atoms with Crippen LogP contribution in [0.5, 0.6) is 5.75 Å². The van der Waals surface area contributed by atoms with E-state index in [1.165, 1.54) is 0 Å². The third-order valence-corrected chi connectivity index (χ3v) is 5.16. The first-order valence-corrected chi connectivity index (χ1v) is 10.1. The van der Waals surface area contributed by atoms with Crippen LogP contribution in [0.25, 0.3) is 11.8 Å². The highest BCUT2D eigenvalue weighted by molar-refractivity contribution is 7.72. The second-order valence-corrected chi connectivity index (χ2v) is 7.48. The topological polar surface area (TPSA) is 95.1 Å². The van der Waals surface area contributed by atoms with E-state index in [0.29, 0.717) is 15.3 Å². The molecule has 7 nitrogen and oxygen atoms in total. The summed E-state index contributed by atoms with van der Waals surface area (Å²) in [6, 6.07) is 13.2. The molecule has 0 bridgehead atoms. The van der Waals surface area contributed by atoms with Crippen LogP contribution in [-0.4, -0.2) is 32.6 Å². The van der Waals surface area contributed by atoms with E-state index in [4.69, 9.17) is 34.3 Å². The number of hydrogen-bond donors (Lipinski definition) is 4. The fourth-order valence-corrected chi connectivity index (χ4v) is 3.70. The van der Waals surface area contributed by atoms with Gasteiger partial charge in [-0.25, -0.2) is 0 Å². The van der Waals surface area contributed by atoms with Crippen LogP contribution < -0.4 is 10.1 Å². The molecule has 3 aromatic rings. The van der Waals surface area contributed by atoms with E-state index >= 15 is 0 Å². The van der Waals surface area contributed by atoms with Gasteiger partial charge in [0.2, 0.25) is 0 Å². The largest absolute Gasteiger partial charge is 0.481 e. The van der Waals surface area contributed by atoms with E-state index in [0.717, 1.165) is 22.5 Å². The van der Waals surface area contributed by atoms with Crippen molar-refractivity contribution in [2.45, 2.75) is 19.3 Å². The van der Waals surface area contributed by atoms with Crippen LogP contribution in [0.1, 0.15) is 30.4 Å². The molecule has 9 heteroatoms. The molecule has 0 spiro atoms. The molecule has 0 saturated carbocycles. The van der Waals surface area contributed by atoms with Gasteiger partial charge >= 0.3 is 5.97 Å². The standard InChI is InChI=1S/C21H22N4O3S2/c1-3-14-10-17(7-8-18(14)13(2)9-19(26)27)28-12-22-15-5-4-6-16(11-15)25-20(29)23-24-21(25)30/h3-8,10-11,13,22H,1,9,12H2,2H3,(H,23,29)(H,24,30)(H,26,27). The average Bonchev–Trinajstić information content (AvgIpc) is 3.05. The molecule has 0 aliphatic rings. The third kappa shape index (κ3) is 5.05. The summed E-state index contributed by atoms with van der Waals surface area (Å²) in [6.45, 7) is 5.96. The lowest BCUT2D eigenvalue weighted by molar-refractivity contribution is -0.137. The van der Waals surface area contributed by atoms with Crippen LogP contribution in [0.4, 0.5) is 5.69 Å². The molecular weight excluding hydrogens is 420 g/mol. The van der Waals surface area contributed by atoms with Crippen molar-refractivity contribution in [1.29, 1.82) is 0 Å². The maximum absolute atomic E-state index is 11.0. The highest BCUT2D eigenvalue weighted by atomic mass is 32.1. The molecule has 3 rings (SSSR count). The lowest BCUT2D eigenvalue weighted by atomic mass is 9.93. The van der Waals surface area contributed by atoms with Gasteiger partial charge in [0.05, 0.1) is 12.1 Å². The van der Waals surface area contributed by atoms with Gasteiger partial charge in [-0.05, 0) is 71.8 Å². The van der Waals surface area contributed by atoms with Crippen LogP contribution in [0.15, 0.2) is 49.0 Å². The zero-order valence-corrected chi connectivity index (χ0v) is 18.0. The summed E-state index contributed by atoms with van der Waals surface area (Å²) >= 11 is 10.5. The Morgan fingerprint density at radius 2 is 2.00 bits per heavy atom. The highest BCUT2D eigenvalue weighted by Gasteiger charge is 2.13. The van der Waals surface area contributed by atoms with Gasteiger partial charge in [-0.1, -0.05) is 31.7 Å². The molecule has 0 fully saturated rings. The number of nitrogens with one attached hydrogen (secondary N) is 3. The summed E-state index contributed by atoms with van der Waals surface area (Å²) in [5, 5.41) is 17.9. The number of aliphatic carboxylic acids is 1. The number of benzene rings is 2. The number of ether oxygens (including phenoxy) is 1. The van der Waals surface area contributed by atoms with Gasteiger partial charge in [-0.15, -0.1) is 0 Å². The monoisotopic (exact) mass is 442 g/mol. The molecule has 1 atom stereocenters. The first kappa shape index (κ1) is 21.5. The number of hydrogen-bond acceptors (Lipinski definition) is 5. The summed E-state index contributed by atoms with van der Waals surface area (Å²) in [4.78, 5) is 11.0. The number of H-pyrrole nitrogens is 2. The third-order valence-electron chi connectivity index (χ3n) is 4.59. The maximum atomic E-state index is 11.0. The van der Waals surface area contributed by atoms with E-state index in [1.807, 2.05) is 49.4 Å². The van der Waals surface area contributed by atoms with Gasteiger partial charge < -0.3 is 15.2 Å². The van der Waals surface area contributed by atoms with Gasteiger partial charge in [0.1, 0.15) is 5.75 Å². The quantitative estimate of drug-likeness (QED) is 0.267. The minimum atomic E-state index is -0.828. The molecule has 1 heterocycles. The summed E-state index contributed by atoms with van der Waals surface area (Å²) in [5.41, 5.74) is 3.47. The molecule has 0 aliphatic carbocycles. The molecule has 30 heavy (non-hydrogen) atoms. The fraction of sp³-hybridized carbons (Fsp3) is 0.190. The SMILES string of the molecule is C=Cc1cc(OCNc2cccc(-n3c(=S)[nH][nH]c3=S)c2)ccc1C(C)CC(=O)O. The second-order valence-electron chi connectivity index (χ2n) is 6.71. The molecule has 4 N–H and O–H groups in total. The minimum Gasteiger partial charge on any atom is -0.481 e. The zero-order valence-electron chi connectivity index (χ0n) is 16.3. The number of carbonyl (C=O) groups is 1. The summed E-state index contributed by atoms with van der Waals surface area (Å²) < 4.78 is 8.51. The number of aromatic nitrogens is 3. The Balaban J connectivity index is 1.68. The fourth-order valence-electron chi connectivity index (χ4n) is 3.14. The van der Waals surface area contributed by atoms with Gasteiger partial charge in [-0.3, -0.25) is 19.6 Å². The normalized spacial score (nSPS) is 11.6. The Kier molecular flexibility index (Phi) is 6.86. The molecule has 1 unspecified atom stereocenters. The van der Waals surface area contributed by atoms with Crippen molar-refractivity contribution in [2.24, 2.45) is 0 Å². The average molecular weight is 443 g/mol. The van der Waals surface area contributed by atoms with Gasteiger partial charge in [-0.2, -0.15) is 0 Å². The van der Waals surface area contributed by atoms with Crippen molar-refractivity contribution in [2.75, 3.05) is 12.0 Å². The summed E-state index contributed by atoms with van der Waals surface area (Å²) in [7, 11) is 0. The molecule has 0 aliphatic heterocycles. The van der Waals surface area contributed by atoms with Gasteiger partial charge in [0.25, 0.3) is 0 Å². The Morgan fingerprint density at radius 3 is 2.67 bits per heavy atom. The summed E-state index contributed by atoms with van der Waals surface area (Å²) in [6.07, 6.45) is 1.77. The van der Waals surface area contributed by atoms with E-state index in [2.05, 4.69) is 22.1 Å². The van der Waals surface area contributed by atoms with E-state index in [9.17, 15) is 4.79 Å². The minimum absolute atomic E-state index is 0.0634. The van der Waals surface area contributed by atoms with Crippen molar-refractivity contribution in [3.8, 4) is 11.4 Å². The number of rotatable bonds is 9. The molecule has 1 aromatic heterocycles. The van der Waals surface area contributed by atoms with E-state index in [1.54, 1.807) is 10.6 Å². The van der Waals surface area contributed by atoms with Crippen LogP contribution in [0, 0.1) is 9.54 Å². The number of anilines is 1. The molecule has 0 amide bonds. The predicted molar refractivity (Wildman–Crippen MR) is 122 cm³/mol. The number of carboxylic acids is 1. The van der Waals surface area contributed by atoms with E-state index < -0.39 is 5.97 Å². The molecular formula is C21H22N4O3S2. The zero-order chi connectivity index (χ0) is 21.7. The Labute approximate surface area is 184 Å². The molecule has 0 radical (unpaired) electrons. The second kappa shape index (κ2) is 9.55. The summed E-state index contributed by atoms with van der Waals surface area (Å²) in [5.74, 6) is -0.279. The van der Waals surface area contributed by atoms with Crippen molar-refractivity contribution in [3.63, 3.8) is 0 Å². The molecule has 2 aromatic carbocycles. The Hall–Kier alpha value is -3.17. The predicted octanol–water partition coefficient (Wildman–Crippen LogP) is 5.26. The van der Waals surface area contributed by atoms with E-state index in [-0.39, 0.29) is 19.1 Å². The lowest BCUT2D eigenvalue weighted by Gasteiger charge is -2.15. The van der Waals surface area contributed by atoms with Crippen molar-refractivity contribution < 1.29 is 14.6 Å². The van der Waals surface area contributed by atoms with Gasteiger partial charge in [0, 0.05) is 5.69 Å². The van der Waals surface area contributed by atoms with Crippen LogP contribution in [0.2, 0.25) is 0 Å². The Bertz CT molecular complexity index is 1150. The first-order valence-electron chi connectivity index (χ1n) is 9.24. The highest BCUT2D eigenvalue weighted by Crippen LogP contribution is 2.27. The van der Waals surface area contributed by atoms with Crippen LogP contribution >= 0.6 is 24.4 Å². The van der Waals surface area contributed by atoms with Crippen molar-refractivity contribution in [3.05, 3.63) is 69.7 Å². The number of nitrogens with zero attached hydrogens (tertiary/aromatic N) is 1. The number of carboxylic acid groups (broad SMARTS) is 1. The van der Waals surface area contributed by atoms with Crippen LogP contribution in [0.3, 0.4) is 0 Å².